The molecule has 3 aromatic rings. The van der Waals surface area contributed by atoms with Crippen LogP contribution in [0.25, 0.3) is 10.2 Å². The molecule has 2 aromatic heterocycles. The number of rotatable bonds is 4. The third kappa shape index (κ3) is 4.22. The molecule has 4 rings (SSSR count). The van der Waals surface area contributed by atoms with Gasteiger partial charge in [-0.05, 0) is 42.9 Å². The Morgan fingerprint density at radius 2 is 2.28 bits per heavy atom. The van der Waals surface area contributed by atoms with Gasteiger partial charge in [-0.3, -0.25) is 14.2 Å². The Kier molecular flexibility index (Phi) is 5.72. The second kappa shape index (κ2) is 8.26. The quantitative estimate of drug-likeness (QED) is 0.483. The van der Waals surface area contributed by atoms with E-state index in [0.717, 1.165) is 29.7 Å². The number of fused-ring (bicyclic) bond motifs is 3. The monoisotopic (exact) mass is 448 g/mol. The third-order valence-corrected chi connectivity index (χ3v) is 6.68. The maximum absolute atomic E-state index is 12.9. The van der Waals surface area contributed by atoms with Crippen molar-refractivity contribution in [2.75, 3.05) is 0 Å². The van der Waals surface area contributed by atoms with Crippen LogP contribution < -0.4 is 11.0 Å². The molecular weight excluding hydrogens is 431 g/mol. The number of carbonyl (C=O) groups is 1. The molecule has 1 N–H and O–H groups in total. The van der Waals surface area contributed by atoms with Crippen molar-refractivity contribution in [3.63, 3.8) is 0 Å². The SMILES string of the molecule is CC1CCc2c(sc3ncn(CC(=O)N/N=C\c4ccc(Cl)cc4Cl)c(=O)c23)C1. The molecule has 150 valence electrons. The van der Waals surface area contributed by atoms with E-state index in [4.69, 9.17) is 23.2 Å². The summed E-state index contributed by atoms with van der Waals surface area (Å²) in [4.78, 5) is 31.6. The molecule has 0 bridgehead atoms. The number of nitrogens with zero attached hydrogens (tertiary/aromatic N) is 3. The summed E-state index contributed by atoms with van der Waals surface area (Å²) in [6.45, 7) is 2.07. The van der Waals surface area contributed by atoms with Gasteiger partial charge in [-0.2, -0.15) is 5.10 Å². The lowest BCUT2D eigenvalue weighted by atomic mass is 9.89. The zero-order valence-corrected chi connectivity index (χ0v) is 17.9. The second-order valence-corrected chi connectivity index (χ2v) is 9.10. The average Bonchev–Trinajstić information content (AvgIpc) is 3.04. The van der Waals surface area contributed by atoms with E-state index in [1.54, 1.807) is 29.5 Å². The Hall–Kier alpha value is -2.22. The molecule has 2 heterocycles. The first kappa shape index (κ1) is 20.1. The maximum atomic E-state index is 12.9. The number of thiophene rings is 1. The molecule has 0 saturated heterocycles. The van der Waals surface area contributed by atoms with E-state index in [2.05, 4.69) is 22.4 Å². The van der Waals surface area contributed by atoms with Crippen molar-refractivity contribution in [3.8, 4) is 0 Å². The van der Waals surface area contributed by atoms with Crippen LogP contribution in [0.3, 0.4) is 0 Å². The van der Waals surface area contributed by atoms with Gasteiger partial charge in [-0.25, -0.2) is 10.4 Å². The predicted octanol–water partition coefficient (Wildman–Crippen LogP) is 4.04. The van der Waals surface area contributed by atoms with Gasteiger partial charge in [0.05, 0.1) is 23.0 Å². The molecule has 0 fully saturated rings. The Labute approximate surface area is 181 Å². The number of amides is 1. The minimum atomic E-state index is -0.424. The lowest BCUT2D eigenvalue weighted by Gasteiger charge is -2.17. The molecule has 1 unspecified atom stereocenters. The van der Waals surface area contributed by atoms with Crippen LogP contribution in [0, 0.1) is 5.92 Å². The molecular formula is C20H18Cl2N4O2S. The van der Waals surface area contributed by atoms with Gasteiger partial charge < -0.3 is 0 Å². The highest BCUT2D eigenvalue weighted by atomic mass is 35.5. The molecule has 1 aromatic carbocycles. The Morgan fingerprint density at radius 3 is 3.07 bits per heavy atom. The van der Waals surface area contributed by atoms with Gasteiger partial charge in [0.2, 0.25) is 0 Å². The standard InChI is InChI=1S/C20H18Cl2N4O2S/c1-11-2-5-14-16(6-11)29-19-18(14)20(28)26(10-23-19)9-17(27)25-24-8-12-3-4-13(21)7-15(12)22/h3-4,7-8,10-11H,2,5-6,9H2,1H3,(H,25,27)/b24-8-. The molecule has 1 amide bonds. The fourth-order valence-electron chi connectivity index (χ4n) is 3.45. The molecule has 0 aliphatic heterocycles. The van der Waals surface area contributed by atoms with E-state index in [0.29, 0.717) is 26.9 Å². The smallest absolute Gasteiger partial charge is 0.262 e. The normalized spacial score (nSPS) is 16.3. The van der Waals surface area contributed by atoms with Crippen LogP contribution in [0.1, 0.15) is 29.3 Å². The predicted molar refractivity (Wildman–Crippen MR) is 117 cm³/mol. The molecule has 1 atom stereocenters. The highest BCUT2D eigenvalue weighted by Crippen LogP contribution is 2.35. The molecule has 0 radical (unpaired) electrons. The highest BCUT2D eigenvalue weighted by Gasteiger charge is 2.23. The lowest BCUT2D eigenvalue weighted by Crippen LogP contribution is -2.30. The Morgan fingerprint density at radius 1 is 1.45 bits per heavy atom. The molecule has 1 aliphatic carbocycles. The molecule has 0 spiro atoms. The fraction of sp³-hybridized carbons (Fsp3) is 0.300. The molecule has 9 heteroatoms. The van der Waals surface area contributed by atoms with Crippen LogP contribution in [0.4, 0.5) is 0 Å². The van der Waals surface area contributed by atoms with Crippen molar-refractivity contribution in [2.45, 2.75) is 32.7 Å². The maximum Gasteiger partial charge on any atom is 0.262 e. The fourth-order valence-corrected chi connectivity index (χ4v) is 5.25. The molecule has 1 aliphatic rings. The van der Waals surface area contributed by atoms with E-state index in [1.165, 1.54) is 22.0 Å². The summed E-state index contributed by atoms with van der Waals surface area (Å²) < 4.78 is 1.33. The van der Waals surface area contributed by atoms with Gasteiger partial charge in [0.25, 0.3) is 11.5 Å². The van der Waals surface area contributed by atoms with Crippen molar-refractivity contribution in [3.05, 3.63) is 60.9 Å². The first-order valence-corrected chi connectivity index (χ1v) is 10.8. The average molecular weight is 449 g/mol. The summed E-state index contributed by atoms with van der Waals surface area (Å²) in [6.07, 6.45) is 5.79. The van der Waals surface area contributed by atoms with Gasteiger partial charge in [-0.15, -0.1) is 11.3 Å². The summed E-state index contributed by atoms with van der Waals surface area (Å²) >= 11 is 13.5. The van der Waals surface area contributed by atoms with Crippen LogP contribution >= 0.6 is 34.5 Å². The number of carbonyl (C=O) groups excluding carboxylic acids is 1. The number of aromatic nitrogens is 2. The summed E-state index contributed by atoms with van der Waals surface area (Å²) in [7, 11) is 0. The first-order chi connectivity index (χ1) is 13.9. The summed E-state index contributed by atoms with van der Waals surface area (Å²) in [5.41, 5.74) is 3.96. The van der Waals surface area contributed by atoms with Crippen molar-refractivity contribution in [1.29, 1.82) is 0 Å². The number of hydrazone groups is 1. The van der Waals surface area contributed by atoms with Crippen LogP contribution in [0.15, 0.2) is 34.4 Å². The van der Waals surface area contributed by atoms with E-state index >= 15 is 0 Å². The van der Waals surface area contributed by atoms with Crippen LogP contribution in [0.5, 0.6) is 0 Å². The number of hydrogen-bond acceptors (Lipinski definition) is 5. The van der Waals surface area contributed by atoms with Gasteiger partial charge in [0.15, 0.2) is 0 Å². The van der Waals surface area contributed by atoms with Crippen molar-refractivity contribution < 1.29 is 4.79 Å². The van der Waals surface area contributed by atoms with E-state index in [1.807, 2.05) is 0 Å². The summed E-state index contributed by atoms with van der Waals surface area (Å²) in [5.74, 6) is 0.197. The van der Waals surface area contributed by atoms with Gasteiger partial charge in [-0.1, -0.05) is 36.2 Å². The van der Waals surface area contributed by atoms with Gasteiger partial charge in [0, 0.05) is 15.5 Å². The van der Waals surface area contributed by atoms with Crippen molar-refractivity contribution >= 4 is 56.9 Å². The highest BCUT2D eigenvalue weighted by molar-refractivity contribution is 7.18. The molecule has 6 nitrogen and oxygen atoms in total. The first-order valence-electron chi connectivity index (χ1n) is 9.19. The van der Waals surface area contributed by atoms with Gasteiger partial charge in [0.1, 0.15) is 11.4 Å². The van der Waals surface area contributed by atoms with Crippen LogP contribution in [0.2, 0.25) is 10.0 Å². The summed E-state index contributed by atoms with van der Waals surface area (Å²) in [6, 6.07) is 4.97. The van der Waals surface area contributed by atoms with E-state index in [-0.39, 0.29) is 12.1 Å². The molecule has 29 heavy (non-hydrogen) atoms. The number of nitrogens with one attached hydrogen (secondary N) is 1. The van der Waals surface area contributed by atoms with Crippen molar-refractivity contribution in [2.24, 2.45) is 11.0 Å². The van der Waals surface area contributed by atoms with E-state index in [9.17, 15) is 9.59 Å². The zero-order chi connectivity index (χ0) is 20.5. The van der Waals surface area contributed by atoms with Crippen LogP contribution in [-0.4, -0.2) is 21.7 Å². The minimum Gasteiger partial charge on any atom is -0.289 e. The Bertz CT molecular complexity index is 1190. The second-order valence-electron chi connectivity index (χ2n) is 7.17. The number of hydrogen-bond donors (Lipinski definition) is 1. The largest absolute Gasteiger partial charge is 0.289 e. The minimum absolute atomic E-state index is 0.158. The van der Waals surface area contributed by atoms with Gasteiger partial charge >= 0.3 is 0 Å². The number of aryl methyl sites for hydroxylation is 1. The number of benzene rings is 1. The lowest BCUT2D eigenvalue weighted by molar-refractivity contribution is -0.121. The topological polar surface area (TPSA) is 76.3 Å². The van der Waals surface area contributed by atoms with Crippen molar-refractivity contribution in [1.82, 2.24) is 15.0 Å². The van der Waals surface area contributed by atoms with E-state index < -0.39 is 5.91 Å². The van der Waals surface area contributed by atoms with Crippen LogP contribution in [-0.2, 0) is 24.2 Å². The summed E-state index contributed by atoms with van der Waals surface area (Å²) in [5, 5.41) is 5.50. The number of halogens is 2. The third-order valence-electron chi connectivity index (χ3n) is 4.95. The zero-order valence-electron chi connectivity index (χ0n) is 15.6. The Balaban J connectivity index is 1.50. The molecule has 0 saturated carbocycles.